The zero-order chi connectivity index (χ0) is 12.8. The Bertz CT molecular complexity index is 224. The molecule has 0 aliphatic heterocycles. The van der Waals surface area contributed by atoms with Crippen LogP contribution in [0.2, 0.25) is 0 Å². The van der Waals surface area contributed by atoms with Crippen LogP contribution < -0.4 is 11.1 Å². The molecule has 0 aromatic rings. The maximum absolute atomic E-state index is 9.78. The van der Waals surface area contributed by atoms with Crippen LogP contribution in [0.15, 0.2) is 5.16 Å². The molecule has 0 fully saturated rings. The van der Waals surface area contributed by atoms with Crippen LogP contribution >= 0.6 is 0 Å². The number of amidine groups is 1. The Balaban J connectivity index is 4.03. The van der Waals surface area contributed by atoms with E-state index in [4.69, 9.17) is 10.9 Å². The highest BCUT2D eigenvalue weighted by molar-refractivity contribution is 5.85. The van der Waals surface area contributed by atoms with Gasteiger partial charge in [0.25, 0.3) is 0 Å². The van der Waals surface area contributed by atoms with E-state index in [1.807, 2.05) is 6.92 Å². The first-order valence-electron chi connectivity index (χ1n) is 5.69. The van der Waals surface area contributed by atoms with E-state index in [9.17, 15) is 5.11 Å². The van der Waals surface area contributed by atoms with E-state index in [0.29, 0.717) is 13.0 Å². The molecule has 5 N–H and O–H groups in total. The smallest absolute Gasteiger partial charge is 0.156 e. The lowest BCUT2D eigenvalue weighted by atomic mass is 9.89. The highest BCUT2D eigenvalue weighted by Crippen LogP contribution is 2.20. The molecular formula is C11H25N3O2. The predicted molar refractivity (Wildman–Crippen MR) is 65.6 cm³/mol. The summed E-state index contributed by atoms with van der Waals surface area (Å²) < 4.78 is 0. The SMILES string of the molecule is CCC(NCC(O)CC(C)(C)C)C(N)=NO. The molecule has 2 atom stereocenters. The van der Waals surface area contributed by atoms with E-state index >= 15 is 0 Å². The minimum atomic E-state index is -0.416. The Labute approximate surface area is 97.7 Å². The normalized spacial score (nSPS) is 17.2. The number of nitrogens with two attached hydrogens (primary N) is 1. The third-order valence-corrected chi connectivity index (χ3v) is 2.33. The maximum atomic E-state index is 9.78. The van der Waals surface area contributed by atoms with Gasteiger partial charge in [0.2, 0.25) is 0 Å². The molecular weight excluding hydrogens is 206 g/mol. The van der Waals surface area contributed by atoms with Crippen LogP contribution in [0.4, 0.5) is 0 Å². The van der Waals surface area contributed by atoms with Crippen molar-refractivity contribution >= 4 is 5.84 Å². The summed E-state index contributed by atoms with van der Waals surface area (Å²) in [5, 5.41) is 24.4. The van der Waals surface area contributed by atoms with Crippen molar-refractivity contribution in [1.82, 2.24) is 5.32 Å². The van der Waals surface area contributed by atoms with Gasteiger partial charge in [0.05, 0.1) is 12.1 Å². The van der Waals surface area contributed by atoms with Gasteiger partial charge in [0.15, 0.2) is 5.84 Å². The van der Waals surface area contributed by atoms with Gasteiger partial charge in [-0.2, -0.15) is 0 Å². The largest absolute Gasteiger partial charge is 0.409 e. The van der Waals surface area contributed by atoms with Crippen molar-refractivity contribution in [3.63, 3.8) is 0 Å². The monoisotopic (exact) mass is 231 g/mol. The molecule has 0 aliphatic carbocycles. The second-order valence-electron chi connectivity index (χ2n) is 5.31. The number of nitrogens with one attached hydrogen (secondary N) is 1. The Morgan fingerprint density at radius 2 is 2.00 bits per heavy atom. The van der Waals surface area contributed by atoms with Crippen molar-refractivity contribution in [2.45, 2.75) is 52.7 Å². The molecule has 0 amide bonds. The summed E-state index contributed by atoms with van der Waals surface area (Å²) in [4.78, 5) is 0. The molecule has 0 spiro atoms. The molecule has 0 radical (unpaired) electrons. The van der Waals surface area contributed by atoms with Crippen molar-refractivity contribution in [1.29, 1.82) is 0 Å². The molecule has 0 saturated carbocycles. The topological polar surface area (TPSA) is 90.9 Å². The molecule has 0 bridgehead atoms. The van der Waals surface area contributed by atoms with Gasteiger partial charge in [-0.15, -0.1) is 0 Å². The number of aliphatic hydroxyl groups excluding tert-OH is 1. The molecule has 0 heterocycles. The summed E-state index contributed by atoms with van der Waals surface area (Å²) in [6.45, 7) is 8.63. The van der Waals surface area contributed by atoms with Crippen LogP contribution in [0.25, 0.3) is 0 Å². The van der Waals surface area contributed by atoms with Crippen molar-refractivity contribution in [3.8, 4) is 0 Å². The molecule has 2 unspecified atom stereocenters. The van der Waals surface area contributed by atoms with Crippen LogP contribution in [0, 0.1) is 5.41 Å². The average molecular weight is 231 g/mol. The minimum Gasteiger partial charge on any atom is -0.409 e. The Morgan fingerprint density at radius 3 is 2.38 bits per heavy atom. The number of aliphatic hydroxyl groups is 1. The first-order valence-corrected chi connectivity index (χ1v) is 5.69. The maximum Gasteiger partial charge on any atom is 0.156 e. The van der Waals surface area contributed by atoms with Gasteiger partial charge in [-0.25, -0.2) is 0 Å². The van der Waals surface area contributed by atoms with E-state index < -0.39 is 6.10 Å². The van der Waals surface area contributed by atoms with Gasteiger partial charge in [-0.05, 0) is 18.3 Å². The fraction of sp³-hybridized carbons (Fsp3) is 0.909. The Morgan fingerprint density at radius 1 is 1.44 bits per heavy atom. The highest BCUT2D eigenvalue weighted by atomic mass is 16.4. The van der Waals surface area contributed by atoms with Crippen LogP contribution in [0.1, 0.15) is 40.5 Å². The lowest BCUT2D eigenvalue weighted by Gasteiger charge is -2.24. The van der Waals surface area contributed by atoms with Crippen molar-refractivity contribution in [3.05, 3.63) is 0 Å². The molecule has 0 aromatic heterocycles. The first-order chi connectivity index (χ1) is 7.30. The molecule has 16 heavy (non-hydrogen) atoms. The number of rotatable bonds is 6. The molecule has 0 rings (SSSR count). The highest BCUT2D eigenvalue weighted by Gasteiger charge is 2.18. The molecule has 0 aromatic carbocycles. The Kier molecular flexibility index (Phi) is 6.36. The second kappa shape index (κ2) is 6.70. The summed E-state index contributed by atoms with van der Waals surface area (Å²) in [6.07, 6.45) is 1.02. The second-order valence-corrected chi connectivity index (χ2v) is 5.31. The van der Waals surface area contributed by atoms with E-state index in [1.165, 1.54) is 0 Å². The van der Waals surface area contributed by atoms with Gasteiger partial charge in [-0.3, -0.25) is 0 Å². The zero-order valence-electron chi connectivity index (χ0n) is 10.7. The van der Waals surface area contributed by atoms with Crippen LogP contribution in [-0.2, 0) is 0 Å². The number of oxime groups is 1. The van der Waals surface area contributed by atoms with Crippen molar-refractivity contribution in [2.75, 3.05) is 6.54 Å². The predicted octanol–water partition coefficient (Wildman–Crippen LogP) is 0.898. The lowest BCUT2D eigenvalue weighted by Crippen LogP contribution is -2.44. The van der Waals surface area contributed by atoms with E-state index in [-0.39, 0.29) is 17.3 Å². The standard InChI is InChI=1S/C11H25N3O2/c1-5-9(10(12)14-16)13-7-8(15)6-11(2,3)4/h8-9,13,15-16H,5-7H2,1-4H3,(H2,12,14). The van der Waals surface area contributed by atoms with Gasteiger partial charge in [0.1, 0.15) is 0 Å². The van der Waals surface area contributed by atoms with Gasteiger partial charge in [0, 0.05) is 6.54 Å². The molecule has 5 nitrogen and oxygen atoms in total. The van der Waals surface area contributed by atoms with Crippen molar-refractivity contribution < 1.29 is 10.3 Å². The molecule has 0 saturated heterocycles. The van der Waals surface area contributed by atoms with E-state index in [1.54, 1.807) is 0 Å². The van der Waals surface area contributed by atoms with Crippen LogP contribution in [-0.4, -0.2) is 34.8 Å². The Hall–Kier alpha value is -0.810. The fourth-order valence-corrected chi connectivity index (χ4v) is 1.59. The average Bonchev–Trinajstić information content (AvgIpc) is 2.15. The quantitative estimate of drug-likeness (QED) is 0.236. The molecule has 96 valence electrons. The van der Waals surface area contributed by atoms with Gasteiger partial charge >= 0.3 is 0 Å². The fourth-order valence-electron chi connectivity index (χ4n) is 1.59. The first kappa shape index (κ1) is 15.2. The van der Waals surface area contributed by atoms with Crippen LogP contribution in [0.3, 0.4) is 0 Å². The zero-order valence-corrected chi connectivity index (χ0v) is 10.7. The third-order valence-electron chi connectivity index (χ3n) is 2.33. The number of hydrogen-bond donors (Lipinski definition) is 4. The molecule has 0 aliphatic rings. The summed E-state index contributed by atoms with van der Waals surface area (Å²) in [5.41, 5.74) is 5.59. The molecule has 5 heteroatoms. The third kappa shape index (κ3) is 6.63. The van der Waals surface area contributed by atoms with Crippen molar-refractivity contribution in [2.24, 2.45) is 16.3 Å². The minimum absolute atomic E-state index is 0.0966. The van der Waals surface area contributed by atoms with Gasteiger partial charge in [-0.1, -0.05) is 32.9 Å². The van der Waals surface area contributed by atoms with Gasteiger partial charge < -0.3 is 21.4 Å². The lowest BCUT2D eigenvalue weighted by molar-refractivity contribution is 0.118. The summed E-state index contributed by atoms with van der Waals surface area (Å²) in [6, 6.07) is -0.181. The summed E-state index contributed by atoms with van der Waals surface area (Å²) in [5.74, 6) is 0.158. The number of hydrogen-bond acceptors (Lipinski definition) is 4. The van der Waals surface area contributed by atoms with E-state index in [0.717, 1.165) is 6.42 Å². The number of nitrogens with zero attached hydrogens (tertiary/aromatic N) is 1. The van der Waals surface area contributed by atoms with Crippen LogP contribution in [0.5, 0.6) is 0 Å². The summed E-state index contributed by atoms with van der Waals surface area (Å²) >= 11 is 0. The van der Waals surface area contributed by atoms with E-state index in [2.05, 4.69) is 31.2 Å². The summed E-state index contributed by atoms with van der Waals surface area (Å²) in [7, 11) is 0.